The fraction of sp³-hybridized carbons (Fsp3) is 0.143. The number of nitrogens with zero attached hydrogens (tertiary/aromatic N) is 1. The summed E-state index contributed by atoms with van der Waals surface area (Å²) in [6.07, 6.45) is 3.53. The van der Waals surface area contributed by atoms with Crippen LogP contribution in [0, 0.1) is 0 Å². The molecule has 0 aliphatic rings. The molecular weight excluding hydrogens is 244 g/mol. The molecule has 5 heteroatoms. The summed E-state index contributed by atoms with van der Waals surface area (Å²) >= 11 is 0. The van der Waals surface area contributed by atoms with Gasteiger partial charge in [0.15, 0.2) is 0 Å². The Balaban J connectivity index is 1.83. The van der Waals surface area contributed by atoms with Gasteiger partial charge < -0.3 is 9.57 Å². The average Bonchev–Trinajstić information content (AvgIpc) is 2.47. The van der Waals surface area contributed by atoms with E-state index in [1.807, 2.05) is 6.07 Å². The fourth-order valence-electron chi connectivity index (χ4n) is 1.55. The van der Waals surface area contributed by atoms with Gasteiger partial charge in [0.1, 0.15) is 12.4 Å². The highest BCUT2D eigenvalue weighted by molar-refractivity contribution is 5.72. The highest BCUT2D eigenvalue weighted by Crippen LogP contribution is 2.11. The Morgan fingerprint density at radius 1 is 1.16 bits per heavy atom. The maximum absolute atomic E-state index is 11.6. The van der Waals surface area contributed by atoms with Crippen molar-refractivity contribution in [3.63, 3.8) is 0 Å². The predicted molar refractivity (Wildman–Crippen MR) is 69.0 cm³/mol. The van der Waals surface area contributed by atoms with Gasteiger partial charge in [-0.15, -0.1) is 0 Å². The number of rotatable bonds is 5. The molecule has 0 radical (unpaired) electrons. The average molecular weight is 258 g/mol. The minimum atomic E-state index is -0.285. The van der Waals surface area contributed by atoms with Crippen molar-refractivity contribution in [3.05, 3.63) is 59.9 Å². The van der Waals surface area contributed by atoms with Gasteiger partial charge in [0, 0.05) is 12.4 Å². The Labute approximate surface area is 110 Å². The molecule has 2 N–H and O–H groups in total. The van der Waals surface area contributed by atoms with Gasteiger partial charge in [-0.1, -0.05) is 18.2 Å². The van der Waals surface area contributed by atoms with Crippen molar-refractivity contribution in [3.8, 4) is 5.75 Å². The number of aromatic nitrogens is 1. The number of esters is 1. The number of nitrogens with two attached hydrogens (primary N) is 1. The molecule has 19 heavy (non-hydrogen) atoms. The molecule has 5 nitrogen and oxygen atoms in total. The van der Waals surface area contributed by atoms with Crippen LogP contribution >= 0.6 is 0 Å². The van der Waals surface area contributed by atoms with Gasteiger partial charge in [-0.25, -0.2) is 0 Å². The smallest absolute Gasteiger partial charge is 0.310 e. The fourth-order valence-corrected chi connectivity index (χ4v) is 1.55. The van der Waals surface area contributed by atoms with Crippen molar-refractivity contribution >= 4 is 5.97 Å². The lowest BCUT2D eigenvalue weighted by atomic mass is 10.2. The largest absolute Gasteiger partial charge is 0.461 e. The topological polar surface area (TPSA) is 74.4 Å². The molecule has 0 fully saturated rings. The molecule has 0 aliphatic heterocycles. The van der Waals surface area contributed by atoms with E-state index in [9.17, 15) is 4.79 Å². The first-order chi connectivity index (χ1) is 9.28. The van der Waals surface area contributed by atoms with Gasteiger partial charge in [0.2, 0.25) is 0 Å². The summed E-state index contributed by atoms with van der Waals surface area (Å²) in [6, 6.07) is 10.6. The molecule has 0 saturated carbocycles. The third kappa shape index (κ3) is 4.08. The summed E-state index contributed by atoms with van der Waals surface area (Å²) in [5.41, 5.74) is 1.71. The van der Waals surface area contributed by atoms with E-state index in [-0.39, 0.29) is 19.0 Å². The van der Waals surface area contributed by atoms with Crippen LogP contribution in [-0.4, -0.2) is 11.0 Å². The number of benzene rings is 1. The molecule has 1 heterocycles. The Morgan fingerprint density at radius 3 is 2.58 bits per heavy atom. The first-order valence-electron chi connectivity index (χ1n) is 5.78. The highest BCUT2D eigenvalue weighted by atomic mass is 16.6. The maximum atomic E-state index is 11.6. The van der Waals surface area contributed by atoms with Gasteiger partial charge in [-0.2, -0.15) is 5.90 Å². The van der Waals surface area contributed by atoms with Crippen LogP contribution < -0.4 is 10.7 Å². The first kappa shape index (κ1) is 13.0. The number of ether oxygens (including phenoxy) is 1. The van der Waals surface area contributed by atoms with Crippen molar-refractivity contribution in [1.82, 2.24) is 4.98 Å². The van der Waals surface area contributed by atoms with E-state index in [1.165, 1.54) is 0 Å². The summed E-state index contributed by atoms with van der Waals surface area (Å²) < 4.78 is 5.17. The lowest BCUT2D eigenvalue weighted by Gasteiger charge is -2.05. The zero-order chi connectivity index (χ0) is 13.5. The van der Waals surface area contributed by atoms with Crippen molar-refractivity contribution in [2.45, 2.75) is 13.0 Å². The zero-order valence-electron chi connectivity index (χ0n) is 10.3. The van der Waals surface area contributed by atoms with E-state index in [2.05, 4.69) is 9.82 Å². The molecule has 0 aliphatic carbocycles. The Hall–Kier alpha value is -2.40. The molecule has 98 valence electrons. The van der Waals surface area contributed by atoms with E-state index < -0.39 is 0 Å². The second-order valence-corrected chi connectivity index (χ2v) is 3.96. The molecule has 0 unspecified atom stereocenters. The van der Waals surface area contributed by atoms with Crippen LogP contribution in [0.25, 0.3) is 0 Å². The number of hydrogen-bond donors (Lipinski definition) is 1. The summed E-state index contributed by atoms with van der Waals surface area (Å²) in [5, 5.41) is 0. The maximum Gasteiger partial charge on any atom is 0.310 e. The normalized spacial score (nSPS) is 9.95. The lowest BCUT2D eigenvalue weighted by Crippen LogP contribution is -2.08. The minimum absolute atomic E-state index is 0.220. The summed E-state index contributed by atoms with van der Waals surface area (Å²) in [5.74, 6) is 5.29. The molecule has 0 spiro atoms. The predicted octanol–water partition coefficient (Wildman–Crippen LogP) is 1.62. The van der Waals surface area contributed by atoms with Gasteiger partial charge in [-0.05, 0) is 29.3 Å². The van der Waals surface area contributed by atoms with Crippen LogP contribution in [0.4, 0.5) is 0 Å². The Morgan fingerprint density at radius 2 is 1.95 bits per heavy atom. The van der Waals surface area contributed by atoms with Crippen molar-refractivity contribution in [2.24, 2.45) is 5.90 Å². The van der Waals surface area contributed by atoms with E-state index in [4.69, 9.17) is 10.6 Å². The first-order valence-corrected chi connectivity index (χ1v) is 5.78. The summed E-state index contributed by atoms with van der Waals surface area (Å²) in [6.45, 7) is 0.226. The van der Waals surface area contributed by atoms with E-state index in [1.54, 1.807) is 42.7 Å². The third-order valence-electron chi connectivity index (χ3n) is 2.53. The lowest BCUT2D eigenvalue weighted by molar-refractivity contribution is -0.144. The zero-order valence-corrected chi connectivity index (χ0v) is 10.3. The van der Waals surface area contributed by atoms with E-state index >= 15 is 0 Å². The van der Waals surface area contributed by atoms with Crippen molar-refractivity contribution in [1.29, 1.82) is 0 Å². The molecule has 0 amide bonds. The van der Waals surface area contributed by atoms with Gasteiger partial charge >= 0.3 is 5.97 Å². The van der Waals surface area contributed by atoms with Crippen molar-refractivity contribution < 1.29 is 14.4 Å². The number of carbonyl (C=O) groups excluding carboxylic acids is 1. The van der Waals surface area contributed by atoms with Crippen LogP contribution in [0.5, 0.6) is 5.75 Å². The van der Waals surface area contributed by atoms with Crippen LogP contribution in [0.1, 0.15) is 11.1 Å². The van der Waals surface area contributed by atoms with Crippen LogP contribution in [-0.2, 0) is 22.6 Å². The third-order valence-corrected chi connectivity index (χ3v) is 2.53. The van der Waals surface area contributed by atoms with Gasteiger partial charge in [0.05, 0.1) is 6.42 Å². The van der Waals surface area contributed by atoms with E-state index in [0.717, 1.165) is 11.1 Å². The van der Waals surface area contributed by atoms with Crippen LogP contribution in [0.2, 0.25) is 0 Å². The Bertz CT molecular complexity index is 526. The highest BCUT2D eigenvalue weighted by Gasteiger charge is 2.05. The second-order valence-electron chi connectivity index (χ2n) is 3.96. The quantitative estimate of drug-likeness (QED) is 0.651. The molecule has 1 aromatic carbocycles. The number of carbonyl (C=O) groups is 1. The number of pyridine rings is 1. The minimum Gasteiger partial charge on any atom is -0.461 e. The molecule has 2 rings (SSSR count). The van der Waals surface area contributed by atoms with Crippen LogP contribution in [0.3, 0.4) is 0 Å². The molecule has 0 bridgehead atoms. The molecule has 2 aromatic rings. The number of hydrogen-bond acceptors (Lipinski definition) is 5. The molecular formula is C14H14N2O3. The Kier molecular flexibility index (Phi) is 4.47. The summed E-state index contributed by atoms with van der Waals surface area (Å²) in [7, 11) is 0. The monoisotopic (exact) mass is 258 g/mol. The van der Waals surface area contributed by atoms with E-state index in [0.29, 0.717) is 5.75 Å². The SMILES string of the molecule is NOc1ccc(COC(=O)Cc2cccnc2)cc1. The van der Waals surface area contributed by atoms with Crippen LogP contribution in [0.15, 0.2) is 48.8 Å². The van der Waals surface area contributed by atoms with Gasteiger partial charge in [0.25, 0.3) is 0 Å². The second kappa shape index (κ2) is 6.51. The molecule has 1 aromatic heterocycles. The standard InChI is InChI=1S/C14H14N2O3/c15-19-13-5-3-11(4-6-13)10-18-14(17)8-12-2-1-7-16-9-12/h1-7,9H,8,10,15H2. The van der Waals surface area contributed by atoms with Gasteiger partial charge in [-0.3, -0.25) is 9.78 Å². The summed E-state index contributed by atoms with van der Waals surface area (Å²) in [4.78, 5) is 20.1. The molecule has 0 atom stereocenters. The van der Waals surface area contributed by atoms with Crippen molar-refractivity contribution in [2.75, 3.05) is 0 Å². The molecule has 0 saturated heterocycles.